The number of hydrogen-bond donors (Lipinski definition) is 0. The molecule has 0 aliphatic carbocycles. The lowest BCUT2D eigenvalue weighted by Gasteiger charge is -2.05. The Morgan fingerprint density at radius 1 is 0.900 bits per heavy atom. The molecule has 0 saturated carbocycles. The first kappa shape index (κ1) is 5.51. The number of hydrogen-bond acceptors (Lipinski definition) is 1. The molecular formula is C18H11ClS. The van der Waals surface area contributed by atoms with Gasteiger partial charge in [-0.1, -0.05) is 53.9 Å². The van der Waals surface area contributed by atoms with E-state index in [0.717, 1.165) is 11.3 Å². The molecule has 0 nitrogen and oxygen atoms in total. The minimum Gasteiger partial charge on any atom is -0.135 e. The molecule has 96 valence electrons. The van der Waals surface area contributed by atoms with E-state index in [-0.39, 0.29) is 60.5 Å². The van der Waals surface area contributed by atoms with Gasteiger partial charge >= 0.3 is 0 Å². The SMILES string of the molecule is [2H]c1cc([2H])c2sc3c([2H])c([2H])c([2H])c([2H])c3c2c1-c1c([2H])c([2H])c([2H])c(Cl)c1[2H]. The molecular weight excluding hydrogens is 284 g/mol. The minimum atomic E-state index is -0.519. The number of fused-ring (bicyclic) bond motifs is 3. The van der Waals surface area contributed by atoms with E-state index in [1.807, 2.05) is 0 Å². The molecule has 2 heteroatoms. The smallest absolute Gasteiger partial charge is 0.0645 e. The van der Waals surface area contributed by atoms with Crippen LogP contribution in [0.5, 0.6) is 0 Å². The van der Waals surface area contributed by atoms with E-state index in [1.165, 1.54) is 6.07 Å². The lowest BCUT2D eigenvalue weighted by molar-refractivity contribution is 1.67. The van der Waals surface area contributed by atoms with E-state index in [4.69, 9.17) is 25.3 Å². The lowest BCUT2D eigenvalue weighted by atomic mass is 10.00. The second-order valence-corrected chi connectivity index (χ2v) is 5.41. The summed E-state index contributed by atoms with van der Waals surface area (Å²) in [6, 6.07) is -2.53. The van der Waals surface area contributed by atoms with Crippen LogP contribution in [0.15, 0.2) is 66.5 Å². The standard InChI is InChI=1S/C18H11ClS/c19-13-6-3-5-12(11-13)14-8-4-10-17-18(14)15-7-1-2-9-16(15)20-17/h1-11H/i1D,2D,3D,5D,6D,7D,8D,9D,10D,11D. The van der Waals surface area contributed by atoms with Crippen molar-refractivity contribution in [2.45, 2.75) is 0 Å². The highest BCUT2D eigenvalue weighted by Gasteiger charge is 2.10. The van der Waals surface area contributed by atoms with Gasteiger partial charge in [-0.25, -0.2) is 0 Å². The van der Waals surface area contributed by atoms with E-state index in [1.54, 1.807) is 0 Å². The lowest BCUT2D eigenvalue weighted by Crippen LogP contribution is -1.79. The van der Waals surface area contributed by atoms with Crippen LogP contribution in [-0.4, -0.2) is 0 Å². The summed E-state index contributed by atoms with van der Waals surface area (Å²) in [5.74, 6) is 0. The van der Waals surface area contributed by atoms with Crippen LogP contribution in [0.2, 0.25) is 5.02 Å². The maximum Gasteiger partial charge on any atom is 0.0645 e. The third kappa shape index (κ3) is 1.82. The summed E-state index contributed by atoms with van der Waals surface area (Å²) in [4.78, 5) is 0. The Balaban J connectivity index is 2.35. The first-order valence-corrected chi connectivity index (χ1v) is 6.87. The quantitative estimate of drug-likeness (QED) is 0.383. The van der Waals surface area contributed by atoms with Gasteiger partial charge in [0.05, 0.1) is 13.7 Å². The Kier molecular flexibility index (Phi) is 1.27. The topological polar surface area (TPSA) is 0 Å². The van der Waals surface area contributed by atoms with Crippen LogP contribution >= 0.6 is 22.9 Å². The van der Waals surface area contributed by atoms with Crippen molar-refractivity contribution >= 4 is 43.1 Å². The van der Waals surface area contributed by atoms with Gasteiger partial charge in [0, 0.05) is 25.2 Å². The van der Waals surface area contributed by atoms with Crippen LogP contribution in [0.25, 0.3) is 31.3 Å². The third-order valence-electron chi connectivity index (χ3n) is 2.85. The number of rotatable bonds is 1. The number of benzene rings is 3. The van der Waals surface area contributed by atoms with Crippen molar-refractivity contribution in [2.24, 2.45) is 0 Å². The van der Waals surface area contributed by atoms with Crippen molar-refractivity contribution in [3.05, 3.63) is 71.5 Å². The molecule has 0 saturated heterocycles. The van der Waals surface area contributed by atoms with E-state index < -0.39 is 36.3 Å². The fraction of sp³-hybridized carbons (Fsp3) is 0. The molecule has 0 radical (unpaired) electrons. The molecule has 1 heterocycles. The Hall–Kier alpha value is -1.83. The van der Waals surface area contributed by atoms with Crippen molar-refractivity contribution in [1.29, 1.82) is 0 Å². The largest absolute Gasteiger partial charge is 0.135 e. The van der Waals surface area contributed by atoms with E-state index >= 15 is 0 Å². The predicted octanol–water partition coefficient (Wildman–Crippen LogP) is 6.37. The van der Waals surface area contributed by atoms with Gasteiger partial charge in [-0.15, -0.1) is 11.3 Å². The monoisotopic (exact) mass is 304 g/mol. The van der Waals surface area contributed by atoms with Crippen LogP contribution in [0.4, 0.5) is 0 Å². The third-order valence-corrected chi connectivity index (χ3v) is 4.07. The van der Waals surface area contributed by atoms with Crippen LogP contribution < -0.4 is 0 Å². The van der Waals surface area contributed by atoms with Crippen molar-refractivity contribution in [3.8, 4) is 11.1 Å². The first-order valence-electron chi connectivity index (χ1n) is 10.7. The zero-order valence-electron chi connectivity index (χ0n) is 19.9. The van der Waals surface area contributed by atoms with Gasteiger partial charge in [-0.2, -0.15) is 0 Å². The molecule has 0 unspecified atom stereocenters. The minimum absolute atomic E-state index is 0.0114. The highest BCUT2D eigenvalue weighted by molar-refractivity contribution is 7.25. The van der Waals surface area contributed by atoms with Crippen molar-refractivity contribution < 1.29 is 13.7 Å². The second kappa shape index (κ2) is 4.62. The summed E-state index contributed by atoms with van der Waals surface area (Å²) in [6.45, 7) is 0. The summed E-state index contributed by atoms with van der Waals surface area (Å²) < 4.78 is 82.1. The van der Waals surface area contributed by atoms with Crippen LogP contribution in [0.1, 0.15) is 13.7 Å². The summed E-state index contributed by atoms with van der Waals surface area (Å²) in [6.07, 6.45) is 0. The molecule has 0 aliphatic heterocycles. The molecule has 0 atom stereocenters. The van der Waals surface area contributed by atoms with E-state index in [0.29, 0.717) is 0 Å². The van der Waals surface area contributed by atoms with Gasteiger partial charge in [0.2, 0.25) is 0 Å². The predicted molar refractivity (Wildman–Crippen MR) is 89.8 cm³/mol. The maximum atomic E-state index is 8.43. The summed E-state index contributed by atoms with van der Waals surface area (Å²) >= 11 is 7.02. The highest BCUT2D eigenvalue weighted by atomic mass is 35.5. The van der Waals surface area contributed by atoms with Crippen molar-refractivity contribution in [1.82, 2.24) is 0 Å². The molecule has 20 heavy (non-hydrogen) atoms. The van der Waals surface area contributed by atoms with Crippen LogP contribution in [-0.2, 0) is 0 Å². The van der Waals surface area contributed by atoms with E-state index in [2.05, 4.69) is 0 Å². The fourth-order valence-electron chi connectivity index (χ4n) is 2.05. The summed E-state index contributed by atoms with van der Waals surface area (Å²) in [7, 11) is 0. The molecule has 4 aromatic rings. The Morgan fingerprint density at radius 3 is 2.75 bits per heavy atom. The first-order chi connectivity index (χ1) is 14.0. The van der Waals surface area contributed by atoms with Gasteiger partial charge in [0.1, 0.15) is 0 Å². The van der Waals surface area contributed by atoms with Gasteiger partial charge < -0.3 is 0 Å². The molecule has 1 aromatic heterocycles. The average molecular weight is 305 g/mol. The van der Waals surface area contributed by atoms with E-state index in [9.17, 15) is 0 Å². The Bertz CT molecular complexity index is 1380. The van der Waals surface area contributed by atoms with Crippen molar-refractivity contribution in [2.75, 3.05) is 0 Å². The molecule has 3 aromatic carbocycles. The van der Waals surface area contributed by atoms with Crippen LogP contribution in [0.3, 0.4) is 0 Å². The summed E-state index contributed by atoms with van der Waals surface area (Å²) in [5.41, 5.74) is -0.189. The fourth-order valence-corrected chi connectivity index (χ4v) is 3.18. The molecule has 0 N–H and O–H groups in total. The molecule has 0 bridgehead atoms. The molecule has 0 spiro atoms. The number of halogens is 1. The van der Waals surface area contributed by atoms with Crippen molar-refractivity contribution in [3.63, 3.8) is 0 Å². The highest BCUT2D eigenvalue weighted by Crippen LogP contribution is 2.40. The maximum absolute atomic E-state index is 8.43. The molecule has 4 rings (SSSR count). The average Bonchev–Trinajstić information content (AvgIpc) is 3.11. The van der Waals surface area contributed by atoms with Gasteiger partial charge in [0.15, 0.2) is 0 Å². The zero-order valence-corrected chi connectivity index (χ0v) is 11.4. The zero-order chi connectivity index (χ0) is 22.2. The molecule has 0 amide bonds. The second-order valence-electron chi connectivity index (χ2n) is 4.01. The Labute approximate surface area is 140 Å². The normalized spacial score (nSPS) is 18.2. The molecule has 0 fully saturated rings. The number of thiophene rings is 1. The summed E-state index contributed by atoms with van der Waals surface area (Å²) in [5, 5.41) is -0.111. The van der Waals surface area contributed by atoms with Crippen LogP contribution in [0, 0.1) is 0 Å². The Morgan fingerprint density at radius 2 is 1.80 bits per heavy atom. The van der Waals surface area contributed by atoms with Gasteiger partial charge in [-0.05, 0) is 35.3 Å². The van der Waals surface area contributed by atoms with Gasteiger partial charge in [-0.3, -0.25) is 0 Å². The van der Waals surface area contributed by atoms with Gasteiger partial charge in [0.25, 0.3) is 0 Å². The molecule has 0 aliphatic rings.